The fraction of sp³-hybridized carbons (Fsp3) is 0.318. The van der Waals surface area contributed by atoms with Crippen molar-refractivity contribution in [3.8, 4) is 22.3 Å². The third-order valence-corrected chi connectivity index (χ3v) is 6.90. The molecule has 0 N–H and O–H groups in total. The second-order valence-electron chi connectivity index (χ2n) is 10.5. The van der Waals surface area contributed by atoms with Gasteiger partial charge in [-0.05, 0) is 72.2 Å². The predicted octanol–water partition coefficient (Wildman–Crippen LogP) is 14.3. The maximum atomic E-state index is 3.36. The van der Waals surface area contributed by atoms with Crippen LogP contribution in [0.4, 0.5) is 0 Å². The Balaban J connectivity index is 0. The van der Waals surface area contributed by atoms with Crippen LogP contribution in [0, 0.1) is 13.8 Å². The zero-order chi connectivity index (χ0) is 31.7. The molecule has 0 atom stereocenters. The summed E-state index contributed by atoms with van der Waals surface area (Å²) in [5.41, 5.74) is 13.6. The molecule has 4 aromatic carbocycles. The van der Waals surface area contributed by atoms with Crippen molar-refractivity contribution >= 4 is 0 Å². The molecule has 1 spiro atoms. The van der Waals surface area contributed by atoms with Crippen molar-refractivity contribution in [3.05, 3.63) is 157 Å². The minimum Gasteiger partial charge on any atom is -0.106 e. The molecule has 2 aliphatic rings. The highest BCUT2D eigenvalue weighted by atomic mass is 14.5. The van der Waals surface area contributed by atoms with Gasteiger partial charge in [0.05, 0.1) is 5.41 Å². The Morgan fingerprint density at radius 2 is 0.795 bits per heavy atom. The Bertz CT molecular complexity index is 1290. The molecular weight excluding hydrogens is 528 g/mol. The third kappa shape index (κ3) is 8.82. The van der Waals surface area contributed by atoms with Crippen LogP contribution in [0.5, 0.6) is 0 Å². The number of aryl methyl sites for hydroxylation is 2. The minimum absolute atomic E-state index is 0. The van der Waals surface area contributed by atoms with Crippen LogP contribution in [0.15, 0.2) is 123 Å². The zero-order valence-corrected chi connectivity index (χ0v) is 27.7. The predicted molar refractivity (Wildman–Crippen MR) is 205 cm³/mol. The van der Waals surface area contributed by atoms with E-state index < -0.39 is 0 Å². The molecule has 0 heteroatoms. The van der Waals surface area contributed by atoms with E-state index in [1.807, 2.05) is 13.8 Å². The quantitative estimate of drug-likeness (QED) is 0.167. The first-order valence-electron chi connectivity index (χ1n) is 15.4. The van der Waals surface area contributed by atoms with Gasteiger partial charge in [0.15, 0.2) is 0 Å². The van der Waals surface area contributed by atoms with Gasteiger partial charge in [-0.2, -0.15) is 0 Å². The third-order valence-electron chi connectivity index (χ3n) is 6.90. The summed E-state index contributed by atoms with van der Waals surface area (Å²) in [6.07, 6.45) is 7.39. The Kier molecular flexibility index (Phi) is 20.9. The van der Waals surface area contributed by atoms with Crippen molar-refractivity contribution in [2.45, 2.75) is 94.9 Å². The minimum atomic E-state index is -0.199. The van der Waals surface area contributed by atoms with E-state index in [-0.39, 0.29) is 20.3 Å². The molecule has 238 valence electrons. The molecule has 0 amide bonds. The van der Waals surface area contributed by atoms with Gasteiger partial charge in [-0.15, -0.1) is 26.3 Å². The molecule has 0 saturated carbocycles. The molecule has 4 aromatic rings. The van der Waals surface area contributed by atoms with Crippen LogP contribution in [0.1, 0.15) is 109 Å². The van der Waals surface area contributed by atoms with E-state index in [9.17, 15) is 0 Å². The molecule has 0 heterocycles. The Morgan fingerprint density at radius 1 is 0.523 bits per heavy atom. The Hall–Kier alpha value is -3.90. The summed E-state index contributed by atoms with van der Waals surface area (Å²) in [6, 6.07) is 31.9. The molecule has 44 heavy (non-hydrogen) atoms. The van der Waals surface area contributed by atoms with Gasteiger partial charge >= 0.3 is 0 Å². The van der Waals surface area contributed by atoms with E-state index in [4.69, 9.17) is 0 Å². The summed E-state index contributed by atoms with van der Waals surface area (Å²) in [7, 11) is 0. The summed E-state index contributed by atoms with van der Waals surface area (Å²) < 4.78 is 0. The monoisotopic (exact) mass is 590 g/mol. The lowest BCUT2D eigenvalue weighted by Gasteiger charge is -2.30. The van der Waals surface area contributed by atoms with Crippen LogP contribution < -0.4 is 0 Å². The molecule has 0 bridgehead atoms. The van der Waals surface area contributed by atoms with Crippen LogP contribution in [0.2, 0.25) is 0 Å². The average molecular weight is 591 g/mol. The van der Waals surface area contributed by atoms with Gasteiger partial charge in [-0.1, -0.05) is 170 Å². The lowest BCUT2D eigenvalue weighted by atomic mass is 9.70. The normalized spacial score (nSPS) is 10.7. The molecule has 0 unspecified atom stereocenters. The van der Waals surface area contributed by atoms with Crippen molar-refractivity contribution < 1.29 is 0 Å². The number of fused-ring (bicyclic) bond motifs is 10. The highest BCUT2D eigenvalue weighted by Crippen LogP contribution is 2.62. The van der Waals surface area contributed by atoms with Crippen LogP contribution in [-0.2, 0) is 5.41 Å². The number of unbranched alkanes of at least 4 members (excludes halogenated alkanes) is 1. The van der Waals surface area contributed by atoms with E-state index in [1.165, 1.54) is 74.9 Å². The standard InChI is InChI=1S/C27H20.C4H10.C3H8.2C3H6.C2H4.2CH4/c1-17-11-13-21-22-14-12-18(2)16-26(22)27(25(21)15-17)23-9-5-3-7-19(23)20-8-4-6-10-24(20)27;1-3-4-2;3*1-3-2;1-2;;/h3-16H,1-2H3;3-4H2,1-2H3;3H2,1-2H3;2*3H,1H2,2H3;1-2H2;2*1H4. The van der Waals surface area contributed by atoms with Crippen molar-refractivity contribution in [1.82, 2.24) is 0 Å². The van der Waals surface area contributed by atoms with E-state index in [1.54, 1.807) is 12.2 Å². The van der Waals surface area contributed by atoms with E-state index >= 15 is 0 Å². The van der Waals surface area contributed by atoms with E-state index in [0.717, 1.165) is 0 Å². The molecule has 6 rings (SSSR count). The number of hydrogen-bond donors (Lipinski definition) is 0. The lowest BCUT2D eigenvalue weighted by Crippen LogP contribution is -2.26. The SMILES string of the molecule is C.C.C=C.C=CC.C=CC.CCC.CCCC.Cc1ccc2c(c1)C1(c3ccccc3-c3ccccc31)c1cc(C)ccc1-2. The van der Waals surface area contributed by atoms with Crippen molar-refractivity contribution in [3.63, 3.8) is 0 Å². The lowest BCUT2D eigenvalue weighted by molar-refractivity contribution is 0.791. The van der Waals surface area contributed by atoms with Crippen molar-refractivity contribution in [1.29, 1.82) is 0 Å². The first-order chi connectivity index (χ1) is 20.4. The topological polar surface area (TPSA) is 0 Å². The van der Waals surface area contributed by atoms with Crippen LogP contribution in [-0.4, -0.2) is 0 Å². The second kappa shape index (κ2) is 21.7. The molecule has 0 aromatic heterocycles. The van der Waals surface area contributed by atoms with E-state index in [2.05, 4.69) is 153 Å². The first-order valence-corrected chi connectivity index (χ1v) is 15.4. The largest absolute Gasteiger partial charge is 0.106 e. The molecule has 0 saturated heterocycles. The van der Waals surface area contributed by atoms with Gasteiger partial charge in [0, 0.05) is 0 Å². The molecule has 2 aliphatic carbocycles. The zero-order valence-electron chi connectivity index (χ0n) is 27.7. The maximum Gasteiger partial charge on any atom is 0.0725 e. The van der Waals surface area contributed by atoms with Crippen LogP contribution in [0.25, 0.3) is 22.3 Å². The number of rotatable bonds is 1. The van der Waals surface area contributed by atoms with Gasteiger partial charge in [0.1, 0.15) is 0 Å². The number of hydrogen-bond acceptors (Lipinski definition) is 0. The molecule has 0 radical (unpaired) electrons. The molecule has 0 aliphatic heterocycles. The maximum absolute atomic E-state index is 3.36. The van der Waals surface area contributed by atoms with Gasteiger partial charge in [0.2, 0.25) is 0 Å². The van der Waals surface area contributed by atoms with Crippen LogP contribution in [0.3, 0.4) is 0 Å². The highest BCUT2D eigenvalue weighted by Gasteiger charge is 2.51. The fourth-order valence-corrected chi connectivity index (χ4v) is 5.37. The second-order valence-corrected chi connectivity index (χ2v) is 10.5. The van der Waals surface area contributed by atoms with Gasteiger partial charge in [-0.3, -0.25) is 0 Å². The van der Waals surface area contributed by atoms with Crippen molar-refractivity contribution in [2.24, 2.45) is 0 Å². The summed E-state index contributed by atoms with van der Waals surface area (Å²) in [5, 5.41) is 0. The van der Waals surface area contributed by atoms with Crippen LogP contribution >= 0.6 is 0 Å². The van der Waals surface area contributed by atoms with Gasteiger partial charge < -0.3 is 0 Å². The summed E-state index contributed by atoms with van der Waals surface area (Å²) in [6.45, 7) is 29.5. The van der Waals surface area contributed by atoms with Gasteiger partial charge in [-0.25, -0.2) is 0 Å². The average Bonchev–Trinajstić information content (AvgIpc) is 3.46. The smallest absolute Gasteiger partial charge is 0.0725 e. The van der Waals surface area contributed by atoms with E-state index in [0.29, 0.717) is 0 Å². The van der Waals surface area contributed by atoms with Gasteiger partial charge in [0.25, 0.3) is 0 Å². The Labute approximate surface area is 273 Å². The highest BCUT2D eigenvalue weighted by molar-refractivity contribution is 5.95. The fourth-order valence-electron chi connectivity index (χ4n) is 5.37. The van der Waals surface area contributed by atoms with Crippen molar-refractivity contribution in [2.75, 3.05) is 0 Å². The molecule has 0 nitrogen and oxygen atoms in total. The summed E-state index contributed by atoms with van der Waals surface area (Å²) >= 11 is 0. The molecular formula is C44H62. The first kappa shape index (κ1) is 42.2. The molecule has 0 fully saturated rings. The number of benzene rings is 4. The Morgan fingerprint density at radius 3 is 1.09 bits per heavy atom. The number of allylic oxidation sites excluding steroid dienone is 2. The summed E-state index contributed by atoms with van der Waals surface area (Å²) in [5.74, 6) is 0. The summed E-state index contributed by atoms with van der Waals surface area (Å²) in [4.78, 5) is 0.